The van der Waals surface area contributed by atoms with Gasteiger partial charge in [-0.3, -0.25) is 9.59 Å². The van der Waals surface area contributed by atoms with Gasteiger partial charge in [0.05, 0.1) is 6.54 Å². The van der Waals surface area contributed by atoms with Gasteiger partial charge >= 0.3 is 0 Å². The fourth-order valence-corrected chi connectivity index (χ4v) is 3.11. The Hall–Kier alpha value is -1.10. The molecule has 0 aromatic heterocycles. The minimum Gasteiger partial charge on any atom is -0.381 e. The first-order valence-electron chi connectivity index (χ1n) is 7.91. The van der Waals surface area contributed by atoms with Crippen LogP contribution < -0.4 is 0 Å². The highest BCUT2D eigenvalue weighted by Crippen LogP contribution is 2.28. The number of carbonyl (C=O) groups excluding carboxylic acids is 2. The molecule has 5 nitrogen and oxygen atoms in total. The Morgan fingerprint density at radius 3 is 2.80 bits per heavy atom. The van der Waals surface area contributed by atoms with Crippen molar-refractivity contribution in [3.05, 3.63) is 0 Å². The molecule has 2 saturated heterocycles. The van der Waals surface area contributed by atoms with Crippen LogP contribution in [0.15, 0.2) is 0 Å². The molecule has 1 saturated carbocycles. The zero-order valence-electron chi connectivity index (χ0n) is 12.1. The number of hydrogen-bond donors (Lipinski definition) is 0. The van der Waals surface area contributed by atoms with Crippen LogP contribution in [0.3, 0.4) is 0 Å². The molecule has 112 valence electrons. The Balaban J connectivity index is 1.43. The van der Waals surface area contributed by atoms with E-state index in [0.29, 0.717) is 13.2 Å². The van der Waals surface area contributed by atoms with E-state index >= 15 is 0 Å². The van der Waals surface area contributed by atoms with Crippen LogP contribution in [0.5, 0.6) is 0 Å². The SMILES string of the molecule is O=C1C2CCCCN2C(=O)CN1CCCOCC1CC1. The van der Waals surface area contributed by atoms with E-state index in [1.54, 1.807) is 9.80 Å². The van der Waals surface area contributed by atoms with Crippen molar-refractivity contribution in [2.75, 3.05) is 32.8 Å². The summed E-state index contributed by atoms with van der Waals surface area (Å²) >= 11 is 0. The predicted octanol–water partition coefficient (Wildman–Crippen LogP) is 1.03. The van der Waals surface area contributed by atoms with Gasteiger partial charge in [0, 0.05) is 26.3 Å². The summed E-state index contributed by atoms with van der Waals surface area (Å²) in [7, 11) is 0. The van der Waals surface area contributed by atoms with Crippen molar-refractivity contribution >= 4 is 11.8 Å². The lowest BCUT2D eigenvalue weighted by Gasteiger charge is -2.42. The zero-order chi connectivity index (χ0) is 13.9. The topological polar surface area (TPSA) is 49.9 Å². The fraction of sp³-hybridized carbons (Fsp3) is 0.867. The second kappa shape index (κ2) is 6.12. The molecule has 3 aliphatic rings. The van der Waals surface area contributed by atoms with E-state index in [9.17, 15) is 9.59 Å². The van der Waals surface area contributed by atoms with Crippen LogP contribution in [0.25, 0.3) is 0 Å². The van der Waals surface area contributed by atoms with E-state index in [1.165, 1.54) is 12.8 Å². The third-order valence-electron chi connectivity index (χ3n) is 4.51. The first-order valence-corrected chi connectivity index (χ1v) is 7.91. The van der Waals surface area contributed by atoms with Crippen LogP contribution in [-0.4, -0.2) is 60.5 Å². The lowest BCUT2D eigenvalue weighted by atomic mass is 9.98. The number of fused-ring (bicyclic) bond motifs is 1. The summed E-state index contributed by atoms with van der Waals surface area (Å²) in [5.41, 5.74) is 0. The quantitative estimate of drug-likeness (QED) is 0.683. The zero-order valence-corrected chi connectivity index (χ0v) is 12.1. The Kier molecular flexibility index (Phi) is 4.24. The van der Waals surface area contributed by atoms with Crippen LogP contribution >= 0.6 is 0 Å². The molecule has 2 amide bonds. The number of piperidine rings is 1. The number of nitrogens with zero attached hydrogens (tertiary/aromatic N) is 2. The summed E-state index contributed by atoms with van der Waals surface area (Å²) in [6, 6.07) is -0.183. The van der Waals surface area contributed by atoms with Crippen molar-refractivity contribution in [1.29, 1.82) is 0 Å². The maximum atomic E-state index is 12.4. The first-order chi connectivity index (χ1) is 9.75. The third kappa shape index (κ3) is 3.14. The van der Waals surface area contributed by atoms with Gasteiger partial charge in [0.15, 0.2) is 0 Å². The first kappa shape index (κ1) is 13.9. The molecule has 0 N–H and O–H groups in total. The molecule has 0 aromatic rings. The molecule has 3 rings (SSSR count). The number of hydrogen-bond acceptors (Lipinski definition) is 3. The molecule has 0 spiro atoms. The molecule has 1 atom stereocenters. The van der Waals surface area contributed by atoms with E-state index < -0.39 is 0 Å². The lowest BCUT2D eigenvalue weighted by Crippen LogP contribution is -2.61. The average molecular weight is 280 g/mol. The van der Waals surface area contributed by atoms with Crippen LogP contribution in [0.4, 0.5) is 0 Å². The van der Waals surface area contributed by atoms with E-state index in [-0.39, 0.29) is 24.4 Å². The second-order valence-corrected chi connectivity index (χ2v) is 6.23. The Bertz CT molecular complexity index is 381. The van der Waals surface area contributed by atoms with Gasteiger partial charge < -0.3 is 14.5 Å². The Labute approximate surface area is 120 Å². The van der Waals surface area contributed by atoms with Crippen molar-refractivity contribution in [3.63, 3.8) is 0 Å². The largest absolute Gasteiger partial charge is 0.381 e. The highest BCUT2D eigenvalue weighted by atomic mass is 16.5. The van der Waals surface area contributed by atoms with Gasteiger partial charge in [0.2, 0.25) is 11.8 Å². The summed E-state index contributed by atoms with van der Waals surface area (Å²) in [5, 5.41) is 0. The molecule has 3 fully saturated rings. The van der Waals surface area contributed by atoms with Crippen LogP contribution in [0.2, 0.25) is 0 Å². The molecular formula is C15H24N2O3. The molecule has 20 heavy (non-hydrogen) atoms. The van der Waals surface area contributed by atoms with Crippen molar-refractivity contribution in [1.82, 2.24) is 9.80 Å². The van der Waals surface area contributed by atoms with Gasteiger partial charge in [-0.05, 0) is 44.4 Å². The van der Waals surface area contributed by atoms with Crippen molar-refractivity contribution in [2.24, 2.45) is 5.92 Å². The second-order valence-electron chi connectivity index (χ2n) is 6.23. The fourth-order valence-electron chi connectivity index (χ4n) is 3.11. The van der Waals surface area contributed by atoms with Gasteiger partial charge in [-0.15, -0.1) is 0 Å². The Morgan fingerprint density at radius 2 is 2.00 bits per heavy atom. The van der Waals surface area contributed by atoms with Gasteiger partial charge in [0.1, 0.15) is 6.04 Å². The number of piperazine rings is 1. The molecular weight excluding hydrogens is 256 g/mol. The average Bonchev–Trinajstić information content (AvgIpc) is 3.28. The van der Waals surface area contributed by atoms with E-state index in [2.05, 4.69) is 0 Å². The molecule has 0 aromatic carbocycles. The molecule has 1 aliphatic carbocycles. The van der Waals surface area contributed by atoms with Gasteiger partial charge in [-0.1, -0.05) is 0 Å². The monoisotopic (exact) mass is 280 g/mol. The minimum atomic E-state index is -0.183. The maximum Gasteiger partial charge on any atom is 0.245 e. The number of rotatable bonds is 6. The molecule has 1 unspecified atom stereocenters. The molecule has 2 heterocycles. The van der Waals surface area contributed by atoms with Crippen molar-refractivity contribution in [3.8, 4) is 0 Å². The van der Waals surface area contributed by atoms with Crippen LogP contribution in [0.1, 0.15) is 38.5 Å². The van der Waals surface area contributed by atoms with Gasteiger partial charge in [-0.2, -0.15) is 0 Å². The van der Waals surface area contributed by atoms with Gasteiger partial charge in [0.25, 0.3) is 0 Å². The smallest absolute Gasteiger partial charge is 0.245 e. The highest BCUT2D eigenvalue weighted by Gasteiger charge is 2.39. The number of ether oxygens (including phenoxy) is 1. The summed E-state index contributed by atoms with van der Waals surface area (Å²) in [6.45, 7) is 3.23. The van der Waals surface area contributed by atoms with E-state index in [0.717, 1.165) is 44.8 Å². The maximum absolute atomic E-state index is 12.4. The standard InChI is InChI=1S/C15H24N2O3/c18-14-10-16(7-3-9-20-11-12-5-6-12)15(19)13-4-1-2-8-17(13)14/h12-13H,1-11H2. The number of carbonyl (C=O) groups is 2. The van der Waals surface area contributed by atoms with Crippen LogP contribution in [0, 0.1) is 5.92 Å². The highest BCUT2D eigenvalue weighted by molar-refractivity contribution is 5.95. The molecule has 5 heteroatoms. The summed E-state index contributed by atoms with van der Waals surface area (Å²) < 4.78 is 5.58. The molecule has 0 bridgehead atoms. The van der Waals surface area contributed by atoms with E-state index in [4.69, 9.17) is 4.74 Å². The summed E-state index contributed by atoms with van der Waals surface area (Å²) in [6.07, 6.45) is 6.36. The normalized spacial score (nSPS) is 26.9. The van der Waals surface area contributed by atoms with Crippen molar-refractivity contribution in [2.45, 2.75) is 44.6 Å². The Morgan fingerprint density at radius 1 is 1.15 bits per heavy atom. The molecule has 2 aliphatic heterocycles. The third-order valence-corrected chi connectivity index (χ3v) is 4.51. The van der Waals surface area contributed by atoms with E-state index in [1.807, 2.05) is 0 Å². The van der Waals surface area contributed by atoms with Crippen molar-refractivity contribution < 1.29 is 14.3 Å². The van der Waals surface area contributed by atoms with Gasteiger partial charge in [-0.25, -0.2) is 0 Å². The molecule has 0 radical (unpaired) electrons. The number of amides is 2. The lowest BCUT2D eigenvalue weighted by molar-refractivity contribution is -0.157. The van der Waals surface area contributed by atoms with Crippen LogP contribution in [-0.2, 0) is 14.3 Å². The predicted molar refractivity (Wildman–Crippen MR) is 74.1 cm³/mol. The summed E-state index contributed by atoms with van der Waals surface area (Å²) in [4.78, 5) is 28.0. The summed E-state index contributed by atoms with van der Waals surface area (Å²) in [5.74, 6) is 1.05. The minimum absolute atomic E-state index is 0.119.